The fraction of sp³-hybridized carbons (Fsp3) is 0.923. The highest BCUT2D eigenvalue weighted by molar-refractivity contribution is 5.85. The molecule has 0 aromatic heterocycles. The molecule has 2 fully saturated rings. The summed E-state index contributed by atoms with van der Waals surface area (Å²) in [6, 6.07) is 0. The molecule has 1 saturated carbocycles. The molecule has 1 heterocycles. The predicted molar refractivity (Wildman–Crippen MR) is 73.8 cm³/mol. The van der Waals surface area contributed by atoms with Gasteiger partial charge in [0.05, 0.1) is 5.41 Å². The number of nitrogens with zero attached hydrogens (tertiary/aromatic N) is 1. The molecule has 0 atom stereocenters. The highest BCUT2D eigenvalue weighted by Gasteiger charge is 2.42. The van der Waals surface area contributed by atoms with Crippen LogP contribution < -0.4 is 5.73 Å². The molecule has 18 heavy (non-hydrogen) atoms. The van der Waals surface area contributed by atoms with Gasteiger partial charge in [-0.25, -0.2) is 0 Å². The zero-order valence-electron chi connectivity index (χ0n) is 11.2. The summed E-state index contributed by atoms with van der Waals surface area (Å²) in [7, 11) is 0. The standard InChI is InChI=1S/C13H24N2O2.ClH/c1-2-15(9-11-3-4-11)12(16)13(10-14)5-7-17-8-6-13;/h11H,2-10,14H2,1H3;1H. The monoisotopic (exact) mass is 276 g/mol. The van der Waals surface area contributed by atoms with E-state index in [1.165, 1.54) is 12.8 Å². The Balaban J connectivity index is 0.00000162. The van der Waals surface area contributed by atoms with Crippen LogP contribution in [0.2, 0.25) is 0 Å². The number of hydrogen-bond donors (Lipinski definition) is 1. The number of halogens is 1. The first kappa shape index (κ1) is 15.7. The van der Waals surface area contributed by atoms with Gasteiger partial charge >= 0.3 is 0 Å². The van der Waals surface area contributed by atoms with Crippen molar-refractivity contribution in [2.75, 3.05) is 32.8 Å². The van der Waals surface area contributed by atoms with Gasteiger partial charge in [-0.1, -0.05) is 0 Å². The molecule has 106 valence electrons. The molecule has 2 aliphatic rings. The van der Waals surface area contributed by atoms with Crippen LogP contribution in [0.1, 0.15) is 32.6 Å². The smallest absolute Gasteiger partial charge is 0.230 e. The van der Waals surface area contributed by atoms with Crippen LogP contribution in [-0.4, -0.2) is 43.7 Å². The van der Waals surface area contributed by atoms with Gasteiger partial charge in [-0.3, -0.25) is 4.79 Å². The van der Waals surface area contributed by atoms with E-state index >= 15 is 0 Å². The number of hydrogen-bond acceptors (Lipinski definition) is 3. The lowest BCUT2D eigenvalue weighted by Crippen LogP contribution is -2.51. The minimum Gasteiger partial charge on any atom is -0.381 e. The Labute approximate surface area is 116 Å². The second-order valence-electron chi connectivity index (χ2n) is 5.38. The summed E-state index contributed by atoms with van der Waals surface area (Å²) in [6.07, 6.45) is 4.12. The van der Waals surface area contributed by atoms with Gasteiger partial charge in [0.25, 0.3) is 0 Å². The topological polar surface area (TPSA) is 55.6 Å². The summed E-state index contributed by atoms with van der Waals surface area (Å²) < 4.78 is 5.36. The van der Waals surface area contributed by atoms with Crippen LogP contribution in [0, 0.1) is 11.3 Å². The summed E-state index contributed by atoms with van der Waals surface area (Å²) >= 11 is 0. The molecule has 5 heteroatoms. The lowest BCUT2D eigenvalue weighted by molar-refractivity contribution is -0.147. The molecule has 2 N–H and O–H groups in total. The fourth-order valence-corrected chi connectivity index (χ4v) is 2.57. The molecule has 1 aliphatic heterocycles. The summed E-state index contributed by atoms with van der Waals surface area (Å²) in [4.78, 5) is 14.6. The third kappa shape index (κ3) is 3.37. The Morgan fingerprint density at radius 2 is 2.00 bits per heavy atom. The quantitative estimate of drug-likeness (QED) is 0.826. The Morgan fingerprint density at radius 3 is 2.44 bits per heavy atom. The molecule has 0 spiro atoms. The van der Waals surface area contributed by atoms with Gasteiger partial charge in [0.15, 0.2) is 0 Å². The van der Waals surface area contributed by atoms with Gasteiger partial charge in [0, 0.05) is 32.8 Å². The molecule has 0 unspecified atom stereocenters. The van der Waals surface area contributed by atoms with Crippen LogP contribution in [-0.2, 0) is 9.53 Å². The van der Waals surface area contributed by atoms with Crippen LogP contribution >= 0.6 is 12.4 Å². The van der Waals surface area contributed by atoms with E-state index < -0.39 is 0 Å². The Morgan fingerprint density at radius 1 is 1.39 bits per heavy atom. The number of carbonyl (C=O) groups excluding carboxylic acids is 1. The Bertz CT molecular complexity index is 276. The Hall–Kier alpha value is -0.320. The normalized spacial score (nSPS) is 22.1. The maximum Gasteiger partial charge on any atom is 0.230 e. The average molecular weight is 277 g/mol. The van der Waals surface area contributed by atoms with E-state index in [1.54, 1.807) is 0 Å². The van der Waals surface area contributed by atoms with Crippen molar-refractivity contribution in [1.82, 2.24) is 4.90 Å². The first-order valence-corrected chi connectivity index (χ1v) is 6.79. The molecule has 0 bridgehead atoms. The van der Waals surface area contributed by atoms with Crippen molar-refractivity contribution >= 4 is 18.3 Å². The van der Waals surface area contributed by atoms with Crippen molar-refractivity contribution in [2.24, 2.45) is 17.1 Å². The molecule has 2 rings (SSSR count). The molecular formula is C13H25ClN2O2. The van der Waals surface area contributed by atoms with E-state index in [9.17, 15) is 4.79 Å². The van der Waals surface area contributed by atoms with Gasteiger partial charge in [-0.05, 0) is 38.5 Å². The first-order chi connectivity index (χ1) is 8.22. The second-order valence-corrected chi connectivity index (χ2v) is 5.38. The van der Waals surface area contributed by atoms with Gasteiger partial charge in [-0.15, -0.1) is 12.4 Å². The summed E-state index contributed by atoms with van der Waals surface area (Å²) in [5.41, 5.74) is 5.53. The van der Waals surface area contributed by atoms with Crippen molar-refractivity contribution in [3.8, 4) is 0 Å². The van der Waals surface area contributed by atoms with Crippen LogP contribution in [0.25, 0.3) is 0 Å². The fourth-order valence-electron chi connectivity index (χ4n) is 2.57. The third-order valence-electron chi connectivity index (χ3n) is 4.14. The summed E-state index contributed by atoms with van der Waals surface area (Å²) in [5.74, 6) is 1.01. The zero-order valence-corrected chi connectivity index (χ0v) is 12.0. The highest BCUT2D eigenvalue weighted by Crippen LogP contribution is 2.34. The molecule has 1 aliphatic carbocycles. The van der Waals surface area contributed by atoms with Crippen LogP contribution in [0.5, 0.6) is 0 Å². The maximum absolute atomic E-state index is 12.6. The summed E-state index contributed by atoms with van der Waals surface area (Å²) in [5, 5.41) is 0. The largest absolute Gasteiger partial charge is 0.381 e. The number of amides is 1. The third-order valence-corrected chi connectivity index (χ3v) is 4.14. The van der Waals surface area contributed by atoms with E-state index in [2.05, 4.69) is 6.92 Å². The lowest BCUT2D eigenvalue weighted by atomic mass is 9.79. The molecule has 1 amide bonds. The maximum atomic E-state index is 12.6. The first-order valence-electron chi connectivity index (χ1n) is 6.79. The van der Waals surface area contributed by atoms with Gasteiger partial charge in [0.2, 0.25) is 5.91 Å². The second kappa shape index (κ2) is 6.73. The molecule has 0 aromatic carbocycles. The molecule has 0 radical (unpaired) electrons. The predicted octanol–water partition coefficient (Wildman–Crippen LogP) is 1.42. The average Bonchev–Trinajstić information content (AvgIpc) is 3.20. The van der Waals surface area contributed by atoms with E-state index in [0.29, 0.717) is 19.8 Å². The number of carbonyl (C=O) groups is 1. The Kier molecular flexibility index (Phi) is 5.89. The van der Waals surface area contributed by atoms with Gasteiger partial charge in [0.1, 0.15) is 0 Å². The molecule has 4 nitrogen and oxygen atoms in total. The minimum atomic E-state index is -0.344. The van der Waals surface area contributed by atoms with Crippen molar-refractivity contribution < 1.29 is 9.53 Å². The van der Waals surface area contributed by atoms with E-state index in [4.69, 9.17) is 10.5 Å². The van der Waals surface area contributed by atoms with Crippen molar-refractivity contribution in [1.29, 1.82) is 0 Å². The SMILES string of the molecule is CCN(CC1CC1)C(=O)C1(CN)CCOCC1.Cl. The minimum absolute atomic E-state index is 0. The highest BCUT2D eigenvalue weighted by atomic mass is 35.5. The lowest BCUT2D eigenvalue weighted by Gasteiger charge is -2.38. The van der Waals surface area contributed by atoms with E-state index in [1.807, 2.05) is 4.90 Å². The zero-order chi connectivity index (χ0) is 12.3. The van der Waals surface area contributed by atoms with Crippen LogP contribution in [0.3, 0.4) is 0 Å². The number of rotatable bonds is 5. The molecule has 1 saturated heterocycles. The number of ether oxygens (including phenoxy) is 1. The summed E-state index contributed by atoms with van der Waals surface area (Å²) in [6.45, 7) is 5.59. The van der Waals surface area contributed by atoms with Crippen molar-refractivity contribution in [3.63, 3.8) is 0 Å². The van der Waals surface area contributed by atoms with E-state index in [-0.39, 0.29) is 23.7 Å². The molecule has 0 aromatic rings. The molecular weight excluding hydrogens is 252 g/mol. The van der Waals surface area contributed by atoms with Crippen LogP contribution in [0.15, 0.2) is 0 Å². The van der Waals surface area contributed by atoms with Crippen molar-refractivity contribution in [2.45, 2.75) is 32.6 Å². The van der Waals surface area contributed by atoms with Crippen LogP contribution in [0.4, 0.5) is 0 Å². The van der Waals surface area contributed by atoms with Gasteiger partial charge < -0.3 is 15.4 Å². The van der Waals surface area contributed by atoms with E-state index in [0.717, 1.165) is 31.8 Å². The van der Waals surface area contributed by atoms with Gasteiger partial charge in [-0.2, -0.15) is 0 Å². The van der Waals surface area contributed by atoms with Crippen molar-refractivity contribution in [3.05, 3.63) is 0 Å². The number of nitrogens with two attached hydrogens (primary N) is 1.